The minimum atomic E-state index is -0.395. The maximum atomic E-state index is 8.91. The van der Waals surface area contributed by atoms with E-state index in [-0.39, 0.29) is 0 Å². The second-order valence-corrected chi connectivity index (χ2v) is 4.06. The summed E-state index contributed by atoms with van der Waals surface area (Å²) in [5, 5.41) is 8.91. The van der Waals surface area contributed by atoms with Crippen LogP contribution >= 0.6 is 0 Å². The molecular weight excluding hydrogens is 230 g/mol. The highest BCUT2D eigenvalue weighted by atomic mass is 16.5. The number of anilines is 2. The molecule has 0 bridgehead atoms. The molecule has 5 nitrogen and oxygen atoms in total. The first kappa shape index (κ1) is 12.5. The van der Waals surface area contributed by atoms with Crippen LogP contribution < -0.4 is 15.4 Å². The quantitative estimate of drug-likeness (QED) is 0.817. The molecule has 1 aliphatic rings. The van der Waals surface area contributed by atoms with E-state index in [0.717, 1.165) is 12.2 Å². The highest BCUT2D eigenvalue weighted by Gasteiger charge is 2.22. The normalized spacial score (nSPS) is 19.3. The van der Waals surface area contributed by atoms with E-state index in [0.29, 0.717) is 31.2 Å². The Hall–Kier alpha value is -1.93. The van der Waals surface area contributed by atoms with Gasteiger partial charge in [0.25, 0.3) is 0 Å². The zero-order valence-corrected chi connectivity index (χ0v) is 10.4. The maximum Gasteiger partial charge on any atom is 0.161 e. The molecule has 2 rings (SSSR count). The Labute approximate surface area is 107 Å². The lowest BCUT2D eigenvalue weighted by molar-refractivity contribution is 0.0765. The van der Waals surface area contributed by atoms with Gasteiger partial charge < -0.3 is 20.1 Å². The topological polar surface area (TPSA) is 71.5 Å². The van der Waals surface area contributed by atoms with Crippen LogP contribution in [0.5, 0.6) is 5.75 Å². The van der Waals surface area contributed by atoms with Gasteiger partial charge in [-0.15, -0.1) is 0 Å². The number of rotatable bonds is 3. The molecule has 5 heteroatoms. The first-order valence-corrected chi connectivity index (χ1v) is 6.03. The van der Waals surface area contributed by atoms with E-state index in [2.05, 4.69) is 11.0 Å². The van der Waals surface area contributed by atoms with Crippen LogP contribution in [0.1, 0.15) is 6.92 Å². The molecule has 1 fully saturated rings. The van der Waals surface area contributed by atoms with E-state index in [4.69, 9.17) is 20.5 Å². The molecular formula is C13H17N3O2. The van der Waals surface area contributed by atoms with Crippen molar-refractivity contribution in [3.8, 4) is 11.8 Å². The minimum Gasteiger partial charge on any atom is -0.492 e. The van der Waals surface area contributed by atoms with E-state index < -0.39 is 6.10 Å². The fraction of sp³-hybridized carbons (Fsp3) is 0.462. The standard InChI is InChI=1S/C13H17N3O2/c1-2-17-12-5-3-4-11(13(12)15)16-6-7-18-10(8-14)9-16/h3-5,10H,2,6-7,9,15H2,1H3. The van der Waals surface area contributed by atoms with Gasteiger partial charge in [0.15, 0.2) is 6.10 Å². The van der Waals surface area contributed by atoms with Crippen molar-refractivity contribution in [1.82, 2.24) is 0 Å². The van der Waals surface area contributed by atoms with Crippen LogP contribution in [0.15, 0.2) is 18.2 Å². The summed E-state index contributed by atoms with van der Waals surface area (Å²) in [5.41, 5.74) is 7.63. The third-order valence-electron chi connectivity index (χ3n) is 2.89. The smallest absolute Gasteiger partial charge is 0.161 e. The van der Waals surface area contributed by atoms with Crippen LogP contribution in [-0.2, 0) is 4.74 Å². The van der Waals surface area contributed by atoms with Gasteiger partial charge in [-0.2, -0.15) is 5.26 Å². The van der Waals surface area contributed by atoms with Crippen molar-refractivity contribution in [2.45, 2.75) is 13.0 Å². The number of hydrogen-bond donors (Lipinski definition) is 1. The third kappa shape index (κ3) is 2.49. The summed E-state index contributed by atoms with van der Waals surface area (Å²) in [6, 6.07) is 7.83. The Balaban J connectivity index is 2.22. The van der Waals surface area contributed by atoms with Crippen LogP contribution in [-0.4, -0.2) is 32.4 Å². The molecule has 0 radical (unpaired) electrons. The summed E-state index contributed by atoms with van der Waals surface area (Å²) in [7, 11) is 0. The lowest BCUT2D eigenvalue weighted by Crippen LogP contribution is -2.42. The number of nitrogens with two attached hydrogens (primary N) is 1. The molecule has 1 heterocycles. The van der Waals surface area contributed by atoms with E-state index in [1.807, 2.05) is 25.1 Å². The Morgan fingerprint density at radius 1 is 1.61 bits per heavy atom. The number of morpholine rings is 1. The lowest BCUT2D eigenvalue weighted by Gasteiger charge is -2.32. The molecule has 0 saturated carbocycles. The van der Waals surface area contributed by atoms with Gasteiger partial charge in [-0.25, -0.2) is 0 Å². The van der Waals surface area contributed by atoms with Crippen LogP contribution in [0, 0.1) is 11.3 Å². The molecule has 1 atom stereocenters. The fourth-order valence-corrected chi connectivity index (χ4v) is 2.04. The van der Waals surface area contributed by atoms with Crippen molar-refractivity contribution in [3.63, 3.8) is 0 Å². The summed E-state index contributed by atoms with van der Waals surface area (Å²) in [6.45, 7) is 4.31. The van der Waals surface area contributed by atoms with Gasteiger partial charge in [-0.1, -0.05) is 6.07 Å². The molecule has 0 aromatic heterocycles. The van der Waals surface area contributed by atoms with E-state index >= 15 is 0 Å². The molecule has 1 aromatic carbocycles. The predicted octanol–water partition coefficient (Wildman–Crippen LogP) is 1.40. The number of nitrogen functional groups attached to an aromatic ring is 1. The van der Waals surface area contributed by atoms with E-state index in [1.54, 1.807) is 0 Å². The van der Waals surface area contributed by atoms with Crippen LogP contribution in [0.4, 0.5) is 11.4 Å². The van der Waals surface area contributed by atoms with Crippen molar-refractivity contribution in [2.24, 2.45) is 0 Å². The van der Waals surface area contributed by atoms with E-state index in [1.165, 1.54) is 0 Å². The average Bonchev–Trinajstić information content (AvgIpc) is 2.41. The summed E-state index contributed by atoms with van der Waals surface area (Å²) < 4.78 is 10.8. The number of nitrogens with zero attached hydrogens (tertiary/aromatic N) is 2. The Morgan fingerprint density at radius 3 is 3.17 bits per heavy atom. The second kappa shape index (κ2) is 5.61. The van der Waals surface area contributed by atoms with Gasteiger partial charge in [-0.3, -0.25) is 0 Å². The number of para-hydroxylation sites is 1. The Morgan fingerprint density at radius 2 is 2.44 bits per heavy atom. The number of nitriles is 1. The largest absolute Gasteiger partial charge is 0.492 e. The first-order valence-electron chi connectivity index (χ1n) is 6.03. The van der Waals surface area contributed by atoms with Gasteiger partial charge in [0.1, 0.15) is 5.75 Å². The molecule has 18 heavy (non-hydrogen) atoms. The summed E-state index contributed by atoms with van der Waals surface area (Å²) in [6.07, 6.45) is -0.395. The maximum absolute atomic E-state index is 8.91. The molecule has 0 amide bonds. The average molecular weight is 247 g/mol. The summed E-state index contributed by atoms with van der Waals surface area (Å²) in [4.78, 5) is 2.06. The van der Waals surface area contributed by atoms with Crippen molar-refractivity contribution < 1.29 is 9.47 Å². The van der Waals surface area contributed by atoms with Gasteiger partial charge in [0.2, 0.25) is 0 Å². The zero-order valence-electron chi connectivity index (χ0n) is 10.4. The molecule has 2 N–H and O–H groups in total. The molecule has 0 spiro atoms. The van der Waals surface area contributed by atoms with Crippen molar-refractivity contribution >= 4 is 11.4 Å². The first-order chi connectivity index (χ1) is 8.76. The second-order valence-electron chi connectivity index (χ2n) is 4.06. The molecule has 96 valence electrons. The Kier molecular flexibility index (Phi) is 3.90. The minimum absolute atomic E-state index is 0.395. The fourth-order valence-electron chi connectivity index (χ4n) is 2.04. The van der Waals surface area contributed by atoms with Crippen LogP contribution in [0.3, 0.4) is 0 Å². The SMILES string of the molecule is CCOc1cccc(N2CCOC(C#N)C2)c1N. The monoisotopic (exact) mass is 247 g/mol. The van der Waals surface area contributed by atoms with Crippen molar-refractivity contribution in [2.75, 3.05) is 36.9 Å². The molecule has 1 saturated heterocycles. The highest BCUT2D eigenvalue weighted by Crippen LogP contribution is 2.33. The van der Waals surface area contributed by atoms with E-state index in [9.17, 15) is 0 Å². The van der Waals surface area contributed by atoms with Gasteiger partial charge in [0.05, 0.1) is 37.2 Å². The predicted molar refractivity (Wildman–Crippen MR) is 69.6 cm³/mol. The number of hydrogen-bond acceptors (Lipinski definition) is 5. The third-order valence-corrected chi connectivity index (χ3v) is 2.89. The van der Waals surface area contributed by atoms with Crippen LogP contribution in [0.25, 0.3) is 0 Å². The summed E-state index contributed by atoms with van der Waals surface area (Å²) >= 11 is 0. The van der Waals surface area contributed by atoms with Gasteiger partial charge >= 0.3 is 0 Å². The summed E-state index contributed by atoms with van der Waals surface area (Å²) in [5.74, 6) is 0.690. The zero-order chi connectivity index (χ0) is 13.0. The number of ether oxygens (including phenoxy) is 2. The Bertz CT molecular complexity index is 456. The molecule has 0 aliphatic carbocycles. The molecule has 1 aromatic rings. The number of benzene rings is 1. The lowest BCUT2D eigenvalue weighted by atomic mass is 10.2. The van der Waals surface area contributed by atoms with Crippen molar-refractivity contribution in [3.05, 3.63) is 18.2 Å². The molecule has 1 aliphatic heterocycles. The van der Waals surface area contributed by atoms with Gasteiger partial charge in [0, 0.05) is 6.54 Å². The highest BCUT2D eigenvalue weighted by molar-refractivity contribution is 5.74. The molecule has 1 unspecified atom stereocenters. The van der Waals surface area contributed by atoms with Crippen molar-refractivity contribution in [1.29, 1.82) is 5.26 Å². The van der Waals surface area contributed by atoms with Crippen LogP contribution in [0.2, 0.25) is 0 Å². The van der Waals surface area contributed by atoms with Gasteiger partial charge in [-0.05, 0) is 19.1 Å².